The number of para-hydroxylation sites is 4. The van der Waals surface area contributed by atoms with Crippen molar-refractivity contribution in [2.24, 2.45) is 0 Å². The summed E-state index contributed by atoms with van der Waals surface area (Å²) in [7, 11) is -2.66. The van der Waals surface area contributed by atoms with Gasteiger partial charge in [0.25, 0.3) is 0 Å². The van der Waals surface area contributed by atoms with Crippen LogP contribution in [0.1, 0.15) is 0 Å². The van der Waals surface area contributed by atoms with Crippen LogP contribution in [-0.2, 0) is 0 Å². The average molecular weight is 832 g/mol. The molecule has 0 atom stereocenters. The maximum atomic E-state index is 2.46. The first-order chi connectivity index (χ1) is 31.8. The molecule has 0 unspecified atom stereocenters. The number of hydrogen-bond donors (Lipinski definition) is 0. The molecule has 13 aromatic rings. The summed E-state index contributed by atoms with van der Waals surface area (Å²) in [5.74, 6) is 0. The maximum absolute atomic E-state index is 2.66. The summed E-state index contributed by atoms with van der Waals surface area (Å²) in [6.45, 7) is 0. The Morgan fingerprint density at radius 3 is 1.00 bits per heavy atom. The topological polar surface area (TPSA) is 14.8 Å². The zero-order chi connectivity index (χ0) is 42.2. The highest BCUT2D eigenvalue weighted by Crippen LogP contribution is 2.39. The van der Waals surface area contributed by atoms with Crippen LogP contribution < -0.4 is 20.7 Å². The normalized spacial score (nSPS) is 12.1. The van der Waals surface area contributed by atoms with Crippen molar-refractivity contribution < 1.29 is 0 Å². The van der Waals surface area contributed by atoms with E-state index in [2.05, 4.69) is 262 Å². The molecule has 0 amide bonds. The third kappa shape index (κ3) is 5.33. The standard InChI is InChI=1S/C60H41N3Si/c1-4-18-45(19-5-1)64(46-20-6-2-7-21-46,47-22-8-3-9-23-47)48-36-32-42(33-37-48)61-58-31-17-13-27-52(58)54-40-43(35-39-59(54)61)63-57-30-16-12-26-51(57)53-38-34-44(41-60(53)63)62-55-28-14-10-24-49(55)50-25-11-15-29-56(50)62/h1-41H. The fourth-order valence-corrected chi connectivity index (χ4v) is 15.6. The van der Waals surface area contributed by atoms with E-state index in [0.717, 1.165) is 17.1 Å². The van der Waals surface area contributed by atoms with Crippen LogP contribution in [0.3, 0.4) is 0 Å². The largest absolute Gasteiger partial charge is 0.309 e. The Hall–Kier alpha value is -8.18. The van der Waals surface area contributed by atoms with Gasteiger partial charge in [0.05, 0.1) is 33.1 Å². The summed E-state index contributed by atoms with van der Waals surface area (Å²) in [5.41, 5.74) is 10.6. The molecule has 64 heavy (non-hydrogen) atoms. The molecular weight excluding hydrogens is 791 g/mol. The van der Waals surface area contributed by atoms with Crippen LogP contribution in [0.4, 0.5) is 0 Å². The van der Waals surface area contributed by atoms with Crippen LogP contribution in [0.2, 0.25) is 0 Å². The monoisotopic (exact) mass is 831 g/mol. The van der Waals surface area contributed by atoms with Crippen molar-refractivity contribution in [3.05, 3.63) is 249 Å². The van der Waals surface area contributed by atoms with Crippen molar-refractivity contribution in [2.75, 3.05) is 0 Å². The third-order valence-corrected chi connectivity index (χ3v) is 18.4. The lowest BCUT2D eigenvalue weighted by molar-refractivity contribution is 1.15. The van der Waals surface area contributed by atoms with Crippen LogP contribution in [0.15, 0.2) is 249 Å². The van der Waals surface area contributed by atoms with Gasteiger partial charge in [0.1, 0.15) is 0 Å². The van der Waals surface area contributed by atoms with Crippen LogP contribution in [0.5, 0.6) is 0 Å². The minimum absolute atomic E-state index is 1.14. The Bertz CT molecular complexity index is 3730. The molecule has 0 bridgehead atoms. The first-order valence-electron chi connectivity index (χ1n) is 22.1. The average Bonchev–Trinajstić information content (AvgIpc) is 4.01. The summed E-state index contributed by atoms with van der Waals surface area (Å²) in [6.07, 6.45) is 0. The van der Waals surface area contributed by atoms with E-state index in [1.165, 1.54) is 86.2 Å². The molecule has 3 nitrogen and oxygen atoms in total. The number of hydrogen-bond acceptors (Lipinski definition) is 0. The molecule has 0 N–H and O–H groups in total. The minimum Gasteiger partial charge on any atom is -0.309 e. The smallest absolute Gasteiger partial charge is 0.179 e. The fraction of sp³-hybridized carbons (Fsp3) is 0. The van der Waals surface area contributed by atoms with Crippen molar-refractivity contribution in [3.63, 3.8) is 0 Å². The van der Waals surface area contributed by atoms with Gasteiger partial charge in [-0.05, 0) is 87.5 Å². The van der Waals surface area contributed by atoms with Crippen molar-refractivity contribution in [1.82, 2.24) is 13.7 Å². The van der Waals surface area contributed by atoms with E-state index < -0.39 is 8.07 Å². The van der Waals surface area contributed by atoms with Gasteiger partial charge in [0.15, 0.2) is 8.07 Å². The zero-order valence-corrected chi connectivity index (χ0v) is 36.0. The van der Waals surface area contributed by atoms with Gasteiger partial charge >= 0.3 is 0 Å². The molecule has 0 aliphatic heterocycles. The van der Waals surface area contributed by atoms with Gasteiger partial charge in [-0.3, -0.25) is 0 Å². The van der Waals surface area contributed by atoms with E-state index in [1.807, 2.05) is 0 Å². The van der Waals surface area contributed by atoms with Gasteiger partial charge in [0, 0.05) is 49.4 Å². The van der Waals surface area contributed by atoms with E-state index in [4.69, 9.17) is 0 Å². The van der Waals surface area contributed by atoms with E-state index in [-0.39, 0.29) is 0 Å². The lowest BCUT2D eigenvalue weighted by atomic mass is 10.1. The van der Waals surface area contributed by atoms with Crippen LogP contribution in [0, 0.1) is 0 Å². The minimum atomic E-state index is -2.66. The highest BCUT2D eigenvalue weighted by atomic mass is 28.3. The fourth-order valence-electron chi connectivity index (χ4n) is 10.9. The van der Waals surface area contributed by atoms with Crippen molar-refractivity contribution in [1.29, 1.82) is 0 Å². The molecule has 3 aromatic heterocycles. The molecule has 0 aliphatic carbocycles. The molecule has 0 saturated heterocycles. The SMILES string of the molecule is c1ccc([Si](c2ccccc2)(c2ccccc2)c2ccc(-n3c4ccccc4c4cc(-n5c6ccccc6c6ccc(-n7c8ccccc8c8ccccc87)cc65)ccc43)cc2)cc1. The number of aromatic nitrogens is 3. The van der Waals surface area contributed by atoms with Gasteiger partial charge in [-0.25, -0.2) is 0 Å². The van der Waals surface area contributed by atoms with Gasteiger partial charge in [-0.1, -0.05) is 182 Å². The number of nitrogens with zero attached hydrogens (tertiary/aromatic N) is 3. The molecule has 4 heteroatoms. The summed E-state index contributed by atoms with van der Waals surface area (Å²) in [5, 5.41) is 12.9. The molecule has 10 aromatic carbocycles. The molecule has 13 rings (SSSR count). The summed E-state index contributed by atoms with van der Waals surface area (Å²) >= 11 is 0. The summed E-state index contributed by atoms with van der Waals surface area (Å²) in [4.78, 5) is 0. The molecule has 0 saturated carbocycles. The van der Waals surface area contributed by atoms with E-state index in [9.17, 15) is 0 Å². The van der Waals surface area contributed by atoms with Crippen molar-refractivity contribution >= 4 is 94.2 Å². The van der Waals surface area contributed by atoms with E-state index in [1.54, 1.807) is 0 Å². The second kappa shape index (κ2) is 14.5. The molecule has 0 spiro atoms. The number of benzene rings is 10. The van der Waals surface area contributed by atoms with Crippen LogP contribution >= 0.6 is 0 Å². The Morgan fingerprint density at radius 1 is 0.203 bits per heavy atom. The second-order valence-corrected chi connectivity index (χ2v) is 20.7. The lowest BCUT2D eigenvalue weighted by Crippen LogP contribution is -2.74. The molecule has 0 aliphatic rings. The molecule has 3 heterocycles. The van der Waals surface area contributed by atoms with Gasteiger partial charge < -0.3 is 13.7 Å². The lowest BCUT2D eigenvalue weighted by Gasteiger charge is -2.34. The molecular formula is C60H41N3Si. The maximum Gasteiger partial charge on any atom is 0.179 e. The van der Waals surface area contributed by atoms with Gasteiger partial charge in [0.2, 0.25) is 0 Å². The second-order valence-electron chi connectivity index (χ2n) is 16.9. The number of fused-ring (bicyclic) bond motifs is 9. The van der Waals surface area contributed by atoms with Crippen molar-refractivity contribution in [3.8, 4) is 17.1 Å². The Kier molecular flexibility index (Phi) is 8.23. The molecule has 0 fully saturated rings. The third-order valence-electron chi connectivity index (χ3n) is 13.6. The van der Waals surface area contributed by atoms with Crippen LogP contribution in [0.25, 0.3) is 82.5 Å². The predicted molar refractivity (Wildman–Crippen MR) is 273 cm³/mol. The van der Waals surface area contributed by atoms with E-state index in [0.29, 0.717) is 0 Å². The molecule has 0 radical (unpaired) electrons. The Morgan fingerprint density at radius 2 is 0.516 bits per heavy atom. The highest BCUT2D eigenvalue weighted by Gasteiger charge is 2.41. The Labute approximate surface area is 372 Å². The van der Waals surface area contributed by atoms with E-state index >= 15 is 0 Å². The van der Waals surface area contributed by atoms with Crippen LogP contribution in [-0.4, -0.2) is 21.8 Å². The Balaban J connectivity index is 0.995. The van der Waals surface area contributed by atoms with Gasteiger partial charge in [-0.15, -0.1) is 0 Å². The predicted octanol–water partition coefficient (Wildman–Crippen LogP) is 12.4. The first kappa shape index (κ1) is 36.5. The molecule has 300 valence electrons. The zero-order valence-electron chi connectivity index (χ0n) is 35.0. The van der Waals surface area contributed by atoms with Crippen molar-refractivity contribution in [2.45, 2.75) is 0 Å². The van der Waals surface area contributed by atoms with Gasteiger partial charge in [-0.2, -0.15) is 0 Å². The summed E-state index contributed by atoms with van der Waals surface area (Å²) < 4.78 is 7.32. The summed E-state index contributed by atoms with van der Waals surface area (Å²) in [6, 6.07) is 92.2. The highest BCUT2D eigenvalue weighted by molar-refractivity contribution is 7.19. The first-order valence-corrected chi connectivity index (χ1v) is 24.1. The number of rotatable bonds is 7. The quantitative estimate of drug-likeness (QED) is 0.112.